The van der Waals surface area contributed by atoms with Crippen LogP contribution in [0.3, 0.4) is 0 Å². The number of unbranched alkanes of at least 4 members (excludes halogenated alkanes) is 15. The Morgan fingerprint density at radius 2 is 1.14 bits per heavy atom. The number of hydrogen-bond acceptors (Lipinski definition) is 5. The molecule has 0 rings (SSSR count). The van der Waals surface area contributed by atoms with Gasteiger partial charge in [-0.2, -0.15) is 0 Å². The maximum atomic E-state index is 10.5. The molecule has 0 aromatic heterocycles. The van der Waals surface area contributed by atoms with Gasteiger partial charge in [-0.1, -0.05) is 110 Å². The third kappa shape index (κ3) is 29.5. The zero-order chi connectivity index (χ0) is 20.9. The van der Waals surface area contributed by atoms with Crippen molar-refractivity contribution in [1.82, 2.24) is 5.32 Å². The molecule has 0 spiro atoms. The Balaban J connectivity index is 0. The van der Waals surface area contributed by atoms with Crippen LogP contribution in [0.15, 0.2) is 0 Å². The van der Waals surface area contributed by atoms with Gasteiger partial charge in [0.15, 0.2) is 0 Å². The van der Waals surface area contributed by atoms with Gasteiger partial charge in [0, 0.05) is 13.1 Å². The van der Waals surface area contributed by atoms with E-state index in [1.165, 1.54) is 89.9 Å². The molecule has 170 valence electrons. The fraction of sp³-hybridized carbons (Fsp3) is 1.00. The molecule has 0 radical (unpaired) electrons. The molecule has 0 aliphatic rings. The predicted molar refractivity (Wildman–Crippen MR) is 118 cm³/mol. The zero-order valence-corrected chi connectivity index (χ0v) is 23.2. The molecular weight excluding hydrogens is 413 g/mol. The monoisotopic (exact) mass is 459 g/mol. The van der Waals surface area contributed by atoms with Crippen molar-refractivity contribution in [1.29, 1.82) is 0 Å². The van der Waals surface area contributed by atoms with Crippen molar-refractivity contribution in [3.05, 3.63) is 0 Å². The Kier molecular flexibility index (Phi) is 27.1. The Morgan fingerprint density at radius 1 is 0.759 bits per heavy atom. The van der Waals surface area contributed by atoms with Crippen molar-refractivity contribution in [2.45, 2.75) is 122 Å². The van der Waals surface area contributed by atoms with Gasteiger partial charge in [0.1, 0.15) is 0 Å². The Labute approximate surface area is 223 Å². The fourth-order valence-electron chi connectivity index (χ4n) is 3.50. The maximum absolute atomic E-state index is 10.5. The van der Waals surface area contributed by atoms with E-state index in [0.717, 1.165) is 19.3 Å². The van der Waals surface area contributed by atoms with Gasteiger partial charge in [-0.3, -0.25) is 0 Å². The molecule has 0 fully saturated rings. The summed E-state index contributed by atoms with van der Waals surface area (Å²) in [7, 11) is -4.16. The normalized spacial score (nSPS) is 12.7. The van der Waals surface area contributed by atoms with Crippen LogP contribution < -0.4 is 56.7 Å². The van der Waals surface area contributed by atoms with Gasteiger partial charge in [0.25, 0.3) is 0 Å². The van der Waals surface area contributed by atoms with Crippen LogP contribution in [-0.4, -0.2) is 43.0 Å². The van der Waals surface area contributed by atoms with E-state index >= 15 is 0 Å². The van der Waals surface area contributed by atoms with Gasteiger partial charge in [0.05, 0.1) is 22.0 Å². The minimum absolute atomic E-state index is 0. The smallest absolute Gasteiger partial charge is 0.748 e. The second-order valence-corrected chi connectivity index (χ2v) is 9.74. The van der Waals surface area contributed by atoms with Gasteiger partial charge >= 0.3 is 51.4 Å². The number of aliphatic hydroxyl groups excluding tert-OH is 1. The van der Waals surface area contributed by atoms with E-state index < -0.39 is 22.0 Å². The van der Waals surface area contributed by atoms with Crippen molar-refractivity contribution in [3.8, 4) is 0 Å². The van der Waals surface area contributed by atoms with Crippen molar-refractivity contribution in [3.63, 3.8) is 0 Å². The quantitative estimate of drug-likeness (QED) is 0.147. The summed E-state index contributed by atoms with van der Waals surface area (Å²) in [6, 6.07) is 0. The Morgan fingerprint density at radius 3 is 1.52 bits per heavy atom. The molecule has 2 N–H and O–H groups in total. The molecule has 29 heavy (non-hydrogen) atoms. The van der Waals surface area contributed by atoms with Crippen LogP contribution in [0.2, 0.25) is 0 Å². The van der Waals surface area contributed by atoms with E-state index in [2.05, 4.69) is 12.2 Å². The number of nitrogens with one attached hydrogen (secondary N) is 1. The molecule has 0 aliphatic carbocycles. The molecule has 0 amide bonds. The fourth-order valence-corrected chi connectivity index (χ4v) is 3.89. The zero-order valence-electron chi connectivity index (χ0n) is 19.3. The average molecular weight is 460 g/mol. The molecule has 7 heteroatoms. The average Bonchev–Trinajstić information content (AvgIpc) is 2.64. The summed E-state index contributed by atoms with van der Waals surface area (Å²) < 4.78 is 31.4. The molecule has 1 atom stereocenters. The molecular formula is C22H46KNO4S. The first-order valence-corrected chi connectivity index (χ1v) is 13.4. The van der Waals surface area contributed by atoms with Gasteiger partial charge in [-0.05, 0) is 6.42 Å². The summed E-state index contributed by atoms with van der Waals surface area (Å²) in [6.07, 6.45) is 21.6. The van der Waals surface area contributed by atoms with Crippen molar-refractivity contribution in [2.24, 2.45) is 0 Å². The number of aliphatic hydroxyl groups is 1. The first-order chi connectivity index (χ1) is 13.5. The maximum Gasteiger partial charge on any atom is 1.00 e. The Hall–Kier alpha value is 1.47. The molecule has 0 aromatic rings. The number of rotatable bonds is 22. The minimum Gasteiger partial charge on any atom is -0.748 e. The summed E-state index contributed by atoms with van der Waals surface area (Å²) in [4.78, 5) is 0. The molecule has 1 unspecified atom stereocenters. The van der Waals surface area contributed by atoms with Crippen molar-refractivity contribution >= 4 is 10.1 Å². The molecule has 0 saturated carbocycles. The third-order valence-corrected chi connectivity index (χ3v) is 6.00. The van der Waals surface area contributed by atoms with Crippen LogP contribution in [-0.2, 0) is 10.1 Å². The van der Waals surface area contributed by atoms with Gasteiger partial charge in [-0.15, -0.1) is 0 Å². The molecule has 0 bridgehead atoms. The van der Waals surface area contributed by atoms with Gasteiger partial charge < -0.3 is 15.0 Å². The molecule has 0 saturated heterocycles. The van der Waals surface area contributed by atoms with Crippen molar-refractivity contribution < 1.29 is 69.5 Å². The van der Waals surface area contributed by atoms with Crippen LogP contribution in [0.1, 0.15) is 116 Å². The SMILES string of the molecule is CCCCCCCCCCCCCCCCCCC(O)CNCCS(=O)(=O)[O-].[K+]. The summed E-state index contributed by atoms with van der Waals surface area (Å²) >= 11 is 0. The predicted octanol–water partition coefficient (Wildman–Crippen LogP) is 2.14. The van der Waals surface area contributed by atoms with Crippen LogP contribution >= 0.6 is 0 Å². The first kappa shape index (κ1) is 32.6. The standard InChI is InChI=1S/C22H47NO4S.K/c1-2-3-4-5-6-7-8-9-10-11-12-13-14-15-16-17-18-22(24)21-23-19-20-28(25,26)27;/h22-24H,2-21H2,1H3,(H,25,26,27);/q;+1/p-1. The third-order valence-electron chi connectivity index (χ3n) is 5.30. The van der Waals surface area contributed by atoms with Crippen LogP contribution in [0.4, 0.5) is 0 Å². The van der Waals surface area contributed by atoms with Crippen LogP contribution in [0, 0.1) is 0 Å². The Bertz CT molecular complexity index is 421. The van der Waals surface area contributed by atoms with Crippen LogP contribution in [0.5, 0.6) is 0 Å². The minimum atomic E-state index is -4.16. The van der Waals surface area contributed by atoms with E-state index in [1.54, 1.807) is 0 Å². The number of hydrogen-bond donors (Lipinski definition) is 2. The topological polar surface area (TPSA) is 89.5 Å². The van der Waals surface area contributed by atoms with E-state index in [9.17, 15) is 18.1 Å². The second kappa shape index (κ2) is 24.1. The van der Waals surface area contributed by atoms with Gasteiger partial charge in [-0.25, -0.2) is 8.42 Å². The van der Waals surface area contributed by atoms with Crippen molar-refractivity contribution in [2.75, 3.05) is 18.8 Å². The first-order valence-electron chi connectivity index (χ1n) is 11.8. The van der Waals surface area contributed by atoms with E-state index in [0.29, 0.717) is 6.54 Å². The molecule has 5 nitrogen and oxygen atoms in total. The van der Waals surface area contributed by atoms with Gasteiger partial charge in [0.2, 0.25) is 0 Å². The summed E-state index contributed by atoms with van der Waals surface area (Å²) in [5.74, 6) is -0.418. The van der Waals surface area contributed by atoms with Crippen LogP contribution in [0.25, 0.3) is 0 Å². The molecule has 0 aliphatic heterocycles. The van der Waals surface area contributed by atoms with E-state index in [1.807, 2.05) is 0 Å². The summed E-state index contributed by atoms with van der Waals surface area (Å²) in [5, 5.41) is 12.6. The summed E-state index contributed by atoms with van der Waals surface area (Å²) in [6.45, 7) is 2.74. The second-order valence-electron chi connectivity index (χ2n) is 8.21. The molecule has 0 aromatic carbocycles. The van der Waals surface area contributed by atoms with E-state index in [4.69, 9.17) is 0 Å². The summed E-state index contributed by atoms with van der Waals surface area (Å²) in [5.41, 5.74) is 0. The molecule has 0 heterocycles. The van der Waals surface area contributed by atoms with E-state index in [-0.39, 0.29) is 57.9 Å². The largest absolute Gasteiger partial charge is 1.00 e.